The van der Waals surface area contributed by atoms with E-state index in [4.69, 9.17) is 0 Å². The van der Waals surface area contributed by atoms with Crippen LogP contribution in [0.15, 0.2) is 36.5 Å². The molecule has 1 amide bonds. The van der Waals surface area contributed by atoms with E-state index in [1.807, 2.05) is 6.07 Å². The van der Waals surface area contributed by atoms with Gasteiger partial charge in [0.05, 0.1) is 5.69 Å². The van der Waals surface area contributed by atoms with Gasteiger partial charge in [-0.2, -0.15) is 4.39 Å². The molecule has 0 radical (unpaired) electrons. The van der Waals surface area contributed by atoms with E-state index in [0.29, 0.717) is 19.3 Å². The van der Waals surface area contributed by atoms with Crippen molar-refractivity contribution in [1.82, 2.24) is 4.98 Å². The molecule has 0 N–H and O–H groups in total. The topological polar surface area (TPSA) is 50.3 Å². The van der Waals surface area contributed by atoms with Gasteiger partial charge >= 0.3 is 0 Å². The van der Waals surface area contributed by atoms with Crippen molar-refractivity contribution in [1.29, 1.82) is 0 Å². The molecule has 2 bridgehead atoms. The predicted molar refractivity (Wildman–Crippen MR) is 106 cm³/mol. The Morgan fingerprint density at radius 3 is 2.45 bits per heavy atom. The molecular formula is C23H24F2N2O2. The number of carbonyl (C=O) groups excluding carboxylic acids is 2. The fraction of sp³-hybridized carbons (Fsp3) is 0.435. The third-order valence-corrected chi connectivity index (χ3v) is 6.65. The molecule has 1 aromatic heterocycles. The molecule has 4 nitrogen and oxygen atoms in total. The van der Waals surface area contributed by atoms with E-state index >= 15 is 0 Å². The molecule has 29 heavy (non-hydrogen) atoms. The number of pyridine rings is 1. The lowest BCUT2D eigenvalue weighted by molar-refractivity contribution is -0.173. The lowest BCUT2D eigenvalue weighted by atomic mass is 9.32. The zero-order chi connectivity index (χ0) is 20.8. The van der Waals surface area contributed by atoms with E-state index in [1.165, 1.54) is 23.2 Å². The van der Waals surface area contributed by atoms with Crippen molar-refractivity contribution in [2.45, 2.75) is 50.9 Å². The van der Waals surface area contributed by atoms with Gasteiger partial charge in [-0.05, 0) is 60.4 Å². The van der Waals surface area contributed by atoms with Crippen LogP contribution in [0.3, 0.4) is 0 Å². The van der Waals surface area contributed by atoms with Crippen molar-refractivity contribution in [2.75, 3.05) is 11.9 Å². The summed E-state index contributed by atoms with van der Waals surface area (Å²) in [5.41, 5.74) is 1.65. The fourth-order valence-electron chi connectivity index (χ4n) is 4.95. The number of carbonyl (C=O) groups is 2. The van der Waals surface area contributed by atoms with Crippen LogP contribution in [0.25, 0.3) is 0 Å². The third-order valence-electron chi connectivity index (χ3n) is 6.65. The molecule has 0 unspecified atom stereocenters. The number of ketones is 1. The van der Waals surface area contributed by atoms with Gasteiger partial charge in [-0.3, -0.25) is 9.59 Å². The van der Waals surface area contributed by atoms with Gasteiger partial charge in [-0.25, -0.2) is 9.37 Å². The lowest BCUT2D eigenvalue weighted by Crippen LogP contribution is -2.67. The number of aromatic nitrogens is 1. The quantitative estimate of drug-likeness (QED) is 0.652. The molecule has 152 valence electrons. The van der Waals surface area contributed by atoms with E-state index in [9.17, 15) is 18.4 Å². The van der Waals surface area contributed by atoms with Crippen molar-refractivity contribution < 1.29 is 18.4 Å². The molecule has 0 spiro atoms. The van der Waals surface area contributed by atoms with Gasteiger partial charge in [0.2, 0.25) is 11.9 Å². The van der Waals surface area contributed by atoms with Crippen LogP contribution in [0, 0.1) is 17.2 Å². The second kappa shape index (κ2) is 7.01. The molecule has 0 aliphatic heterocycles. The Morgan fingerprint density at radius 1 is 1.14 bits per heavy atom. The third kappa shape index (κ3) is 3.24. The monoisotopic (exact) mass is 398 g/mol. The smallest absolute Gasteiger partial charge is 0.226 e. The zero-order valence-corrected chi connectivity index (χ0v) is 16.7. The summed E-state index contributed by atoms with van der Waals surface area (Å²) in [6, 6.07) is 8.03. The number of aryl methyl sites for hydroxylation is 1. The fourth-order valence-corrected chi connectivity index (χ4v) is 4.95. The Kier molecular flexibility index (Phi) is 4.75. The largest absolute Gasteiger partial charge is 0.313 e. The van der Waals surface area contributed by atoms with Gasteiger partial charge in [0.25, 0.3) is 0 Å². The summed E-state index contributed by atoms with van der Waals surface area (Å²) in [4.78, 5) is 29.5. The molecule has 3 fully saturated rings. The highest BCUT2D eigenvalue weighted by molar-refractivity contribution is 5.93. The molecule has 0 saturated heterocycles. The van der Waals surface area contributed by atoms with Crippen LogP contribution < -0.4 is 4.90 Å². The van der Waals surface area contributed by atoms with Crippen LogP contribution >= 0.6 is 0 Å². The molecule has 3 aliphatic carbocycles. The van der Waals surface area contributed by atoms with Crippen LogP contribution in [-0.2, 0) is 21.4 Å². The summed E-state index contributed by atoms with van der Waals surface area (Å²) >= 11 is 0. The van der Waals surface area contributed by atoms with E-state index in [0.717, 1.165) is 30.4 Å². The second-order valence-corrected chi connectivity index (χ2v) is 8.48. The molecule has 6 heteroatoms. The molecule has 3 aliphatic rings. The number of amides is 1. The normalized spacial score (nSPS) is 24.4. The van der Waals surface area contributed by atoms with Gasteiger partial charge in [0.15, 0.2) is 0 Å². The minimum Gasteiger partial charge on any atom is -0.313 e. The van der Waals surface area contributed by atoms with Crippen molar-refractivity contribution in [3.05, 3.63) is 59.4 Å². The van der Waals surface area contributed by atoms with Gasteiger partial charge in [-0.1, -0.05) is 19.1 Å². The summed E-state index contributed by atoms with van der Waals surface area (Å²) in [6.07, 6.45) is 5.02. The number of nitrogens with zero attached hydrogens (tertiary/aromatic N) is 2. The first-order valence-corrected chi connectivity index (χ1v) is 9.99. The van der Waals surface area contributed by atoms with E-state index in [2.05, 4.69) is 4.98 Å². The minimum absolute atomic E-state index is 0.111. The van der Waals surface area contributed by atoms with Crippen molar-refractivity contribution >= 4 is 17.4 Å². The van der Waals surface area contributed by atoms with Crippen molar-refractivity contribution in [3.8, 4) is 0 Å². The summed E-state index contributed by atoms with van der Waals surface area (Å²) < 4.78 is 27.5. The van der Waals surface area contributed by atoms with E-state index in [1.54, 1.807) is 26.1 Å². The summed E-state index contributed by atoms with van der Waals surface area (Å²) in [5, 5.41) is 0. The molecule has 0 atom stereocenters. The van der Waals surface area contributed by atoms with Gasteiger partial charge in [-0.15, -0.1) is 0 Å². The lowest BCUT2D eigenvalue weighted by Gasteiger charge is -2.70. The Bertz CT molecular complexity index is 952. The number of benzene rings is 1. The van der Waals surface area contributed by atoms with Crippen LogP contribution in [0.2, 0.25) is 0 Å². The summed E-state index contributed by atoms with van der Waals surface area (Å²) in [7, 11) is 1.58. The van der Waals surface area contributed by atoms with Gasteiger partial charge < -0.3 is 4.90 Å². The van der Waals surface area contributed by atoms with E-state index < -0.39 is 11.8 Å². The number of Topliss-reactive ketones (excluding diaryl/α,β-unsaturated/α-hetero) is 1. The average molecular weight is 398 g/mol. The number of rotatable bonds is 7. The van der Waals surface area contributed by atoms with Gasteiger partial charge in [0, 0.05) is 31.5 Å². The van der Waals surface area contributed by atoms with Crippen LogP contribution in [0.4, 0.5) is 14.5 Å². The maximum Gasteiger partial charge on any atom is 0.226 e. The summed E-state index contributed by atoms with van der Waals surface area (Å²) in [6.45, 7) is 1.75. The van der Waals surface area contributed by atoms with Crippen molar-refractivity contribution in [2.24, 2.45) is 5.41 Å². The molecule has 2 aromatic rings. The first-order chi connectivity index (χ1) is 13.8. The number of hydrogen-bond acceptors (Lipinski definition) is 3. The first kappa shape index (κ1) is 19.7. The summed E-state index contributed by atoms with van der Waals surface area (Å²) in [5.74, 6) is -0.831. The van der Waals surface area contributed by atoms with Crippen LogP contribution in [-0.4, -0.2) is 23.7 Å². The Morgan fingerprint density at radius 2 is 1.86 bits per heavy atom. The minimum atomic E-state index is -0.523. The second-order valence-electron chi connectivity index (χ2n) is 8.48. The first-order valence-electron chi connectivity index (χ1n) is 9.99. The maximum atomic E-state index is 14.6. The highest BCUT2D eigenvalue weighted by atomic mass is 19.1. The average Bonchev–Trinajstić information content (AvgIpc) is 2.64. The van der Waals surface area contributed by atoms with E-state index in [-0.39, 0.29) is 28.2 Å². The van der Waals surface area contributed by atoms with Crippen LogP contribution in [0.1, 0.15) is 50.2 Å². The molecule has 1 heterocycles. The number of hydrogen-bond donors (Lipinski definition) is 0. The number of halogens is 2. The Hall–Kier alpha value is -2.63. The molecular weight excluding hydrogens is 374 g/mol. The highest BCUT2D eigenvalue weighted by Crippen LogP contribution is 2.74. The number of anilines is 1. The Balaban J connectivity index is 1.38. The standard InChI is InChI=1S/C23H24F2N2O2/c1-3-21(29)27(2)18-7-6-16(10-17(18)24)22-12-23(13-22,14-22)19(28)8-4-15-5-9-20(25)26-11-15/h5-7,9-11H,3-4,8,12-14H2,1-2H3. The Labute approximate surface area is 168 Å². The highest BCUT2D eigenvalue weighted by Gasteiger charge is 2.71. The van der Waals surface area contributed by atoms with Gasteiger partial charge in [0.1, 0.15) is 11.6 Å². The SMILES string of the molecule is CCC(=O)N(C)c1ccc(C23CC(C(=O)CCc4ccc(F)nc4)(C2)C3)cc1F. The van der Waals surface area contributed by atoms with Crippen molar-refractivity contribution in [3.63, 3.8) is 0 Å². The molecule has 5 rings (SSSR count). The van der Waals surface area contributed by atoms with Crippen LogP contribution in [0.5, 0.6) is 0 Å². The zero-order valence-electron chi connectivity index (χ0n) is 16.7. The molecule has 3 saturated carbocycles. The predicted octanol–water partition coefficient (Wildman–Crippen LogP) is 4.36. The maximum absolute atomic E-state index is 14.6. The molecule has 1 aromatic carbocycles.